The second-order valence-corrected chi connectivity index (χ2v) is 6.54. The van der Waals surface area contributed by atoms with Crippen LogP contribution in [0.3, 0.4) is 0 Å². The van der Waals surface area contributed by atoms with Gasteiger partial charge in [-0.3, -0.25) is 9.98 Å². The summed E-state index contributed by atoms with van der Waals surface area (Å²) in [7, 11) is 1.81. The highest BCUT2D eigenvalue weighted by Gasteiger charge is 2.00. The number of aromatic nitrogens is 1. The first kappa shape index (κ1) is 22.4. The first-order valence-electron chi connectivity index (χ1n) is 9.11. The molecule has 5 heteroatoms. The molecule has 0 aliphatic rings. The number of pyridine rings is 1. The number of halogens is 1. The van der Waals surface area contributed by atoms with Crippen LogP contribution in [-0.4, -0.2) is 31.1 Å². The highest BCUT2D eigenvalue weighted by atomic mass is 127. The van der Waals surface area contributed by atoms with Crippen molar-refractivity contribution in [3.63, 3.8) is 0 Å². The summed E-state index contributed by atoms with van der Waals surface area (Å²) in [6.45, 7) is 6.22. The highest BCUT2D eigenvalue weighted by molar-refractivity contribution is 14.0. The fraction of sp³-hybridized carbons (Fsp3) is 0.429. The molecular weight excluding hydrogens is 435 g/mol. The minimum absolute atomic E-state index is 0. The lowest BCUT2D eigenvalue weighted by atomic mass is 10.0. The lowest BCUT2D eigenvalue weighted by Gasteiger charge is -2.12. The number of aryl methyl sites for hydroxylation is 1. The summed E-state index contributed by atoms with van der Waals surface area (Å²) in [5, 5.41) is 6.73. The molecule has 2 N–H and O–H groups in total. The fourth-order valence-corrected chi connectivity index (χ4v) is 2.66. The van der Waals surface area contributed by atoms with Crippen molar-refractivity contribution in [2.45, 2.75) is 39.0 Å². The third kappa shape index (κ3) is 8.17. The molecule has 0 unspecified atom stereocenters. The molecular formula is C21H31IN4. The van der Waals surface area contributed by atoms with Crippen molar-refractivity contribution in [1.82, 2.24) is 15.6 Å². The number of aliphatic imine (C=N–C) groups is 1. The second-order valence-electron chi connectivity index (χ2n) is 6.54. The maximum absolute atomic E-state index is 4.27. The molecule has 1 aromatic heterocycles. The Morgan fingerprint density at radius 2 is 1.73 bits per heavy atom. The van der Waals surface area contributed by atoms with Gasteiger partial charge in [-0.2, -0.15) is 0 Å². The van der Waals surface area contributed by atoms with Crippen molar-refractivity contribution in [2.24, 2.45) is 4.99 Å². The molecule has 142 valence electrons. The summed E-state index contributed by atoms with van der Waals surface area (Å²) in [6.07, 6.45) is 6.81. The molecule has 26 heavy (non-hydrogen) atoms. The van der Waals surface area contributed by atoms with Gasteiger partial charge in [0.25, 0.3) is 0 Å². The van der Waals surface area contributed by atoms with E-state index in [0.29, 0.717) is 5.92 Å². The van der Waals surface area contributed by atoms with E-state index in [1.54, 1.807) is 6.20 Å². The molecule has 0 radical (unpaired) electrons. The topological polar surface area (TPSA) is 49.3 Å². The van der Waals surface area contributed by atoms with Gasteiger partial charge in [-0.1, -0.05) is 44.2 Å². The number of hydrogen-bond acceptors (Lipinski definition) is 2. The molecule has 1 heterocycles. The van der Waals surface area contributed by atoms with Crippen molar-refractivity contribution >= 4 is 29.9 Å². The predicted octanol–water partition coefficient (Wildman–Crippen LogP) is 4.16. The Hall–Kier alpha value is -1.63. The zero-order valence-corrected chi connectivity index (χ0v) is 18.4. The molecule has 0 aliphatic heterocycles. The summed E-state index contributed by atoms with van der Waals surface area (Å²) in [5.74, 6) is 1.45. The van der Waals surface area contributed by atoms with Crippen molar-refractivity contribution in [3.05, 3.63) is 65.5 Å². The van der Waals surface area contributed by atoms with Gasteiger partial charge in [-0.25, -0.2) is 0 Å². The van der Waals surface area contributed by atoms with Gasteiger partial charge in [0.1, 0.15) is 0 Å². The van der Waals surface area contributed by atoms with E-state index in [2.05, 4.69) is 64.8 Å². The van der Waals surface area contributed by atoms with Crippen LogP contribution >= 0.6 is 24.0 Å². The van der Waals surface area contributed by atoms with E-state index in [0.717, 1.165) is 38.3 Å². The Balaban J connectivity index is 0.00000338. The van der Waals surface area contributed by atoms with Crippen LogP contribution in [0.1, 0.15) is 42.9 Å². The van der Waals surface area contributed by atoms with Gasteiger partial charge >= 0.3 is 0 Å². The second kappa shape index (κ2) is 12.7. The van der Waals surface area contributed by atoms with Gasteiger partial charge in [0, 0.05) is 32.5 Å². The number of rotatable bonds is 8. The average Bonchev–Trinajstić information content (AvgIpc) is 2.65. The SMILES string of the molecule is CN=C(NCCCc1ccc(C(C)C)cc1)NCCc1cccnc1.I. The smallest absolute Gasteiger partial charge is 0.190 e. The molecule has 0 bridgehead atoms. The summed E-state index contributed by atoms with van der Waals surface area (Å²) >= 11 is 0. The monoisotopic (exact) mass is 466 g/mol. The third-order valence-corrected chi connectivity index (χ3v) is 4.23. The van der Waals surface area contributed by atoms with E-state index in [4.69, 9.17) is 0 Å². The Kier molecular flexibility index (Phi) is 10.9. The molecule has 0 amide bonds. The van der Waals surface area contributed by atoms with Crippen LogP contribution in [-0.2, 0) is 12.8 Å². The highest BCUT2D eigenvalue weighted by Crippen LogP contribution is 2.15. The molecule has 0 saturated carbocycles. The van der Waals surface area contributed by atoms with E-state index < -0.39 is 0 Å². The Morgan fingerprint density at radius 1 is 1.00 bits per heavy atom. The quantitative estimate of drug-likeness (QED) is 0.266. The van der Waals surface area contributed by atoms with Gasteiger partial charge in [0.2, 0.25) is 0 Å². The van der Waals surface area contributed by atoms with Crippen LogP contribution < -0.4 is 10.6 Å². The summed E-state index contributed by atoms with van der Waals surface area (Å²) in [4.78, 5) is 8.41. The summed E-state index contributed by atoms with van der Waals surface area (Å²) in [6, 6.07) is 13.0. The molecule has 4 nitrogen and oxygen atoms in total. The van der Waals surface area contributed by atoms with Gasteiger partial charge in [0.15, 0.2) is 5.96 Å². The molecule has 1 aromatic carbocycles. The van der Waals surface area contributed by atoms with Gasteiger partial charge in [-0.05, 0) is 47.9 Å². The van der Waals surface area contributed by atoms with Crippen LogP contribution in [0.4, 0.5) is 0 Å². The van der Waals surface area contributed by atoms with Crippen LogP contribution in [0.15, 0.2) is 53.8 Å². The standard InChI is InChI=1S/C21H30N4.HI/c1-17(2)20-10-8-18(9-11-20)6-5-14-24-21(22-3)25-15-12-19-7-4-13-23-16-19;/h4,7-11,13,16-17H,5-6,12,14-15H2,1-3H3,(H2,22,24,25);1H. The van der Waals surface area contributed by atoms with E-state index in [-0.39, 0.29) is 24.0 Å². The first-order valence-corrected chi connectivity index (χ1v) is 9.11. The number of benzene rings is 1. The van der Waals surface area contributed by atoms with Gasteiger partial charge < -0.3 is 10.6 Å². The van der Waals surface area contributed by atoms with E-state index in [1.807, 2.05) is 19.3 Å². The zero-order valence-electron chi connectivity index (χ0n) is 16.0. The lowest BCUT2D eigenvalue weighted by molar-refractivity contribution is 0.738. The van der Waals surface area contributed by atoms with Crippen LogP contribution in [0.5, 0.6) is 0 Å². The maximum atomic E-state index is 4.27. The van der Waals surface area contributed by atoms with E-state index in [1.165, 1.54) is 16.7 Å². The van der Waals surface area contributed by atoms with Crippen molar-refractivity contribution in [2.75, 3.05) is 20.1 Å². The minimum Gasteiger partial charge on any atom is -0.356 e. The Bertz CT molecular complexity index is 639. The van der Waals surface area contributed by atoms with Crippen molar-refractivity contribution in [1.29, 1.82) is 0 Å². The van der Waals surface area contributed by atoms with E-state index >= 15 is 0 Å². The van der Waals surface area contributed by atoms with Gasteiger partial charge in [-0.15, -0.1) is 24.0 Å². The normalized spacial score (nSPS) is 11.2. The molecule has 0 aliphatic carbocycles. The summed E-state index contributed by atoms with van der Waals surface area (Å²) < 4.78 is 0. The number of nitrogens with zero attached hydrogens (tertiary/aromatic N) is 2. The number of nitrogens with one attached hydrogen (secondary N) is 2. The van der Waals surface area contributed by atoms with E-state index in [9.17, 15) is 0 Å². The van der Waals surface area contributed by atoms with Crippen LogP contribution in [0.2, 0.25) is 0 Å². The Morgan fingerprint density at radius 3 is 2.35 bits per heavy atom. The molecule has 0 spiro atoms. The average molecular weight is 466 g/mol. The fourth-order valence-electron chi connectivity index (χ4n) is 2.66. The number of hydrogen-bond donors (Lipinski definition) is 2. The lowest BCUT2D eigenvalue weighted by Crippen LogP contribution is -2.38. The minimum atomic E-state index is 0. The van der Waals surface area contributed by atoms with Crippen molar-refractivity contribution in [3.8, 4) is 0 Å². The third-order valence-electron chi connectivity index (χ3n) is 4.23. The van der Waals surface area contributed by atoms with Crippen LogP contribution in [0, 0.1) is 0 Å². The predicted molar refractivity (Wildman–Crippen MR) is 122 cm³/mol. The zero-order chi connectivity index (χ0) is 17.9. The maximum Gasteiger partial charge on any atom is 0.190 e. The van der Waals surface area contributed by atoms with Crippen LogP contribution in [0.25, 0.3) is 0 Å². The molecule has 2 rings (SSSR count). The first-order chi connectivity index (χ1) is 12.2. The summed E-state index contributed by atoms with van der Waals surface area (Å²) in [5.41, 5.74) is 4.03. The largest absolute Gasteiger partial charge is 0.356 e. The number of guanidine groups is 1. The molecule has 0 saturated heterocycles. The molecule has 0 fully saturated rings. The Labute approximate surface area is 174 Å². The molecule has 0 atom stereocenters. The van der Waals surface area contributed by atoms with Gasteiger partial charge in [0.05, 0.1) is 0 Å². The molecule has 2 aromatic rings. The van der Waals surface area contributed by atoms with Crippen molar-refractivity contribution < 1.29 is 0 Å².